The lowest BCUT2D eigenvalue weighted by Crippen LogP contribution is -2.35. The summed E-state index contributed by atoms with van der Waals surface area (Å²) in [7, 11) is 1.64. The lowest BCUT2D eigenvalue weighted by atomic mass is 10.2. The fourth-order valence-electron chi connectivity index (χ4n) is 3.41. The molecule has 2 aromatic carbocycles. The molecule has 4 rings (SSSR count). The molecule has 1 aromatic heterocycles. The third-order valence-corrected chi connectivity index (χ3v) is 5.12. The fourth-order valence-corrected chi connectivity index (χ4v) is 3.41. The topological polar surface area (TPSA) is 85.7 Å². The van der Waals surface area contributed by atoms with Crippen molar-refractivity contribution >= 4 is 29.2 Å². The van der Waals surface area contributed by atoms with Crippen LogP contribution in [-0.4, -0.2) is 35.2 Å². The first kappa shape index (κ1) is 23.0. The van der Waals surface area contributed by atoms with Gasteiger partial charge in [0.05, 0.1) is 28.3 Å². The molecule has 0 fully saturated rings. The molecule has 1 aliphatic rings. The number of aromatic nitrogens is 2. The number of hydrogen-bond acceptors (Lipinski definition) is 4. The van der Waals surface area contributed by atoms with Gasteiger partial charge >= 0.3 is 6.18 Å². The summed E-state index contributed by atoms with van der Waals surface area (Å²) in [6, 6.07) is 9.08. The van der Waals surface area contributed by atoms with E-state index in [-0.39, 0.29) is 29.7 Å². The predicted octanol–water partition coefficient (Wildman–Crippen LogP) is 4.46. The second kappa shape index (κ2) is 8.65. The van der Waals surface area contributed by atoms with Crippen molar-refractivity contribution in [3.05, 3.63) is 71.3 Å². The van der Waals surface area contributed by atoms with Crippen molar-refractivity contribution in [1.82, 2.24) is 9.78 Å². The van der Waals surface area contributed by atoms with Crippen molar-refractivity contribution in [3.8, 4) is 11.4 Å². The van der Waals surface area contributed by atoms with Crippen LogP contribution in [0.15, 0.2) is 53.5 Å². The fraction of sp³-hybridized carbons (Fsp3) is 0.174. The van der Waals surface area contributed by atoms with Gasteiger partial charge < -0.3 is 15.4 Å². The lowest BCUT2D eigenvalue weighted by Gasteiger charge is -2.25. The molecule has 0 spiro atoms. The van der Waals surface area contributed by atoms with Crippen LogP contribution in [0.1, 0.15) is 23.9 Å². The average Bonchev–Trinajstić information content (AvgIpc) is 3.20. The summed E-state index contributed by atoms with van der Waals surface area (Å²) in [6.45, 7) is 1.66. The molecule has 34 heavy (non-hydrogen) atoms. The number of ether oxygens (including phenoxy) is 1. The van der Waals surface area contributed by atoms with Gasteiger partial charge in [-0.1, -0.05) is 6.08 Å². The summed E-state index contributed by atoms with van der Waals surface area (Å²) in [5.41, 5.74) is 6.61. The van der Waals surface area contributed by atoms with Crippen molar-refractivity contribution in [3.63, 3.8) is 0 Å². The van der Waals surface area contributed by atoms with Crippen LogP contribution in [0.25, 0.3) is 11.8 Å². The first-order chi connectivity index (χ1) is 16.1. The van der Waals surface area contributed by atoms with Gasteiger partial charge in [-0.25, -0.2) is 14.1 Å². The quantitative estimate of drug-likeness (QED) is 0.345. The number of nitrogens with two attached hydrogens (primary N) is 1. The van der Waals surface area contributed by atoms with E-state index in [2.05, 4.69) is 10.1 Å². The smallest absolute Gasteiger partial charge is 0.419 e. The second-order valence-corrected chi connectivity index (χ2v) is 7.42. The first-order valence-corrected chi connectivity index (χ1v) is 10.1. The molecule has 0 atom stereocenters. The van der Waals surface area contributed by atoms with E-state index in [1.54, 1.807) is 50.4 Å². The predicted molar refractivity (Wildman–Crippen MR) is 119 cm³/mol. The Labute approximate surface area is 191 Å². The van der Waals surface area contributed by atoms with Crippen LogP contribution in [-0.2, 0) is 11.0 Å². The van der Waals surface area contributed by atoms with Crippen LogP contribution < -0.4 is 15.4 Å². The first-order valence-electron chi connectivity index (χ1n) is 10.1. The van der Waals surface area contributed by atoms with Gasteiger partial charge in [-0.05, 0) is 43.3 Å². The number of amides is 1. The number of likely N-dealkylation sites (N-methyl/N-ethyl adjacent to an activating group) is 1. The van der Waals surface area contributed by atoms with E-state index < -0.39 is 17.6 Å². The van der Waals surface area contributed by atoms with Crippen LogP contribution >= 0.6 is 0 Å². The summed E-state index contributed by atoms with van der Waals surface area (Å²) in [5.74, 6) is -1.09. The number of anilines is 1. The summed E-state index contributed by atoms with van der Waals surface area (Å²) in [5, 5.41) is 4.32. The van der Waals surface area contributed by atoms with Crippen molar-refractivity contribution < 1.29 is 27.1 Å². The molecule has 2 N–H and O–H groups in total. The number of alkyl halides is 3. The number of carbonyl (C=O) groups excluding carboxylic acids is 1. The zero-order valence-corrected chi connectivity index (χ0v) is 18.1. The monoisotopic (exact) mass is 473 g/mol. The Morgan fingerprint density at radius 3 is 2.65 bits per heavy atom. The van der Waals surface area contributed by atoms with Crippen molar-refractivity contribution in [2.75, 3.05) is 18.6 Å². The molecule has 0 unspecified atom stereocenters. The molecule has 1 amide bonds. The number of rotatable bonds is 4. The maximum absolute atomic E-state index is 14.1. The molecular formula is C23H19F4N5O2. The highest BCUT2D eigenvalue weighted by Crippen LogP contribution is 2.35. The van der Waals surface area contributed by atoms with E-state index in [4.69, 9.17) is 10.5 Å². The van der Waals surface area contributed by atoms with E-state index in [1.165, 1.54) is 9.58 Å². The largest absolute Gasteiger partial charge is 0.481 e. The summed E-state index contributed by atoms with van der Waals surface area (Å²) >= 11 is 0. The van der Waals surface area contributed by atoms with Crippen LogP contribution in [0.4, 0.5) is 28.9 Å². The van der Waals surface area contributed by atoms with Crippen molar-refractivity contribution in [1.29, 1.82) is 0 Å². The molecule has 0 aliphatic carbocycles. The lowest BCUT2D eigenvalue weighted by molar-refractivity contribution is -0.140. The zero-order valence-electron chi connectivity index (χ0n) is 18.1. The van der Waals surface area contributed by atoms with E-state index in [0.717, 1.165) is 12.1 Å². The minimum Gasteiger partial charge on any atom is -0.481 e. The Morgan fingerprint density at radius 1 is 1.21 bits per heavy atom. The van der Waals surface area contributed by atoms with Gasteiger partial charge in [0.1, 0.15) is 17.3 Å². The molecular weight excluding hydrogens is 454 g/mol. The van der Waals surface area contributed by atoms with Crippen molar-refractivity contribution in [2.45, 2.75) is 13.1 Å². The molecule has 3 aromatic rings. The van der Waals surface area contributed by atoms with E-state index >= 15 is 0 Å². The van der Waals surface area contributed by atoms with Crippen LogP contribution in [0, 0.1) is 5.82 Å². The Balaban J connectivity index is 1.70. The van der Waals surface area contributed by atoms with E-state index in [9.17, 15) is 22.4 Å². The van der Waals surface area contributed by atoms with Gasteiger partial charge in [0.2, 0.25) is 0 Å². The van der Waals surface area contributed by atoms with E-state index in [0.29, 0.717) is 28.9 Å². The average molecular weight is 473 g/mol. The Kier molecular flexibility index (Phi) is 5.86. The Morgan fingerprint density at radius 2 is 1.97 bits per heavy atom. The molecule has 1 aliphatic heterocycles. The number of allylic oxidation sites excluding steroid dienone is 1. The maximum atomic E-state index is 14.1. The van der Waals surface area contributed by atoms with Crippen LogP contribution in [0.5, 0.6) is 5.75 Å². The van der Waals surface area contributed by atoms with Gasteiger partial charge in [0.15, 0.2) is 12.4 Å². The zero-order chi connectivity index (χ0) is 24.6. The number of benzene rings is 2. The standard InChI is InChI=1S/C23H19F4N5O2/c1-3-4-14-11-18(30-32(14)15-6-7-16(17(24)10-15)23(25,26)27)22(28)29-13-5-8-19-20(9-13)34-12-21(33)31(19)2/h3-11H,12H2,1-2H3,(H2,28,29)/b4-3+. The highest BCUT2D eigenvalue weighted by atomic mass is 19.4. The molecule has 2 heterocycles. The summed E-state index contributed by atoms with van der Waals surface area (Å²) < 4.78 is 59.6. The molecule has 0 radical (unpaired) electrons. The SMILES string of the molecule is C/C=C/c1cc(C(N)=Nc2ccc3c(c2)OCC(=O)N3C)nn1-c1ccc(C(F)(F)F)c(F)c1. The highest BCUT2D eigenvalue weighted by Gasteiger charge is 2.34. The normalized spacial score (nSPS) is 14.5. The minimum atomic E-state index is -4.80. The van der Waals surface area contributed by atoms with Gasteiger partial charge in [-0.2, -0.15) is 18.3 Å². The molecule has 0 saturated heterocycles. The third-order valence-electron chi connectivity index (χ3n) is 5.12. The molecule has 7 nitrogen and oxygen atoms in total. The molecule has 0 bridgehead atoms. The van der Waals surface area contributed by atoms with Crippen molar-refractivity contribution in [2.24, 2.45) is 10.7 Å². The number of nitrogens with zero attached hydrogens (tertiary/aromatic N) is 4. The Hall–Kier alpha value is -4.15. The van der Waals surface area contributed by atoms with Crippen LogP contribution in [0.3, 0.4) is 0 Å². The molecule has 176 valence electrons. The highest BCUT2D eigenvalue weighted by molar-refractivity contribution is 5.99. The number of hydrogen-bond donors (Lipinski definition) is 1. The number of halogens is 4. The number of fused-ring (bicyclic) bond motifs is 1. The third kappa shape index (κ3) is 4.36. The number of amidine groups is 1. The van der Waals surface area contributed by atoms with E-state index in [1.807, 2.05) is 0 Å². The summed E-state index contributed by atoms with van der Waals surface area (Å²) in [4.78, 5) is 17.6. The van der Waals surface area contributed by atoms with Gasteiger partial charge in [-0.3, -0.25) is 4.79 Å². The van der Waals surface area contributed by atoms with Gasteiger partial charge in [-0.15, -0.1) is 0 Å². The number of carbonyl (C=O) groups is 1. The Bertz CT molecular complexity index is 1330. The molecule has 11 heteroatoms. The minimum absolute atomic E-state index is 0.0251. The van der Waals surface area contributed by atoms with Crippen LogP contribution in [0.2, 0.25) is 0 Å². The second-order valence-electron chi connectivity index (χ2n) is 7.42. The number of aliphatic imine (C=N–C) groups is 1. The van der Waals surface area contributed by atoms with Gasteiger partial charge in [0.25, 0.3) is 5.91 Å². The summed E-state index contributed by atoms with van der Waals surface area (Å²) in [6.07, 6.45) is -1.45. The maximum Gasteiger partial charge on any atom is 0.419 e. The molecule has 0 saturated carbocycles. The van der Waals surface area contributed by atoms with Gasteiger partial charge in [0, 0.05) is 19.2 Å².